The van der Waals surface area contributed by atoms with Crippen LogP contribution in [0.5, 0.6) is 0 Å². The third-order valence-corrected chi connectivity index (χ3v) is 4.55. The summed E-state index contributed by atoms with van der Waals surface area (Å²) in [5.74, 6) is 0. The molecule has 0 saturated carbocycles. The minimum atomic E-state index is -0.241. The third kappa shape index (κ3) is 4.98. The third-order valence-electron chi connectivity index (χ3n) is 4.55. The summed E-state index contributed by atoms with van der Waals surface area (Å²) in [4.78, 5) is 17.0. The van der Waals surface area contributed by atoms with Gasteiger partial charge in [-0.1, -0.05) is 32.3 Å². The van der Waals surface area contributed by atoms with E-state index in [0.717, 1.165) is 13.0 Å². The molecular weight excluding hydrogens is 300 g/mol. The van der Waals surface area contributed by atoms with Crippen molar-refractivity contribution in [1.29, 1.82) is 0 Å². The molecule has 2 amide bonds. The van der Waals surface area contributed by atoms with Crippen molar-refractivity contribution in [2.75, 3.05) is 13.2 Å². The predicted octanol–water partition coefficient (Wildman–Crippen LogP) is 4.84. The zero-order valence-corrected chi connectivity index (χ0v) is 16.9. The van der Waals surface area contributed by atoms with E-state index in [1.165, 1.54) is 19.3 Å². The molecular formula is C20H38N2O2. The molecule has 0 aliphatic carbocycles. The molecule has 2 atom stereocenters. The van der Waals surface area contributed by atoms with Crippen LogP contribution in [0, 0.1) is 0 Å². The zero-order chi connectivity index (χ0) is 18.5. The van der Waals surface area contributed by atoms with Crippen LogP contribution < -0.4 is 0 Å². The lowest BCUT2D eigenvalue weighted by Crippen LogP contribution is -2.51. The minimum absolute atomic E-state index is 0.0143. The molecule has 0 unspecified atom stereocenters. The Morgan fingerprint density at radius 2 is 1.62 bits per heavy atom. The second-order valence-electron chi connectivity index (χ2n) is 8.79. The molecule has 4 nitrogen and oxygen atoms in total. The molecule has 0 N–H and O–H groups in total. The van der Waals surface area contributed by atoms with Gasteiger partial charge in [-0.25, -0.2) is 4.79 Å². The highest BCUT2D eigenvalue weighted by atomic mass is 16.5. The first-order chi connectivity index (χ1) is 11.1. The number of ether oxygens (including phenoxy) is 1. The van der Waals surface area contributed by atoms with Gasteiger partial charge in [0.15, 0.2) is 0 Å². The number of hydrogen-bond donors (Lipinski definition) is 0. The molecule has 0 bridgehead atoms. The summed E-state index contributed by atoms with van der Waals surface area (Å²) >= 11 is 0. The number of urea groups is 1. The lowest BCUT2D eigenvalue weighted by Gasteiger charge is -2.37. The molecule has 0 radical (unpaired) electrons. The van der Waals surface area contributed by atoms with Crippen LogP contribution in [-0.4, -0.2) is 52.2 Å². The Kier molecular flexibility index (Phi) is 7.33. The molecule has 0 aromatic rings. The Bertz CT molecular complexity index is 420. The van der Waals surface area contributed by atoms with E-state index in [2.05, 4.69) is 55.0 Å². The van der Waals surface area contributed by atoms with E-state index >= 15 is 0 Å². The number of amides is 2. The summed E-state index contributed by atoms with van der Waals surface area (Å²) in [6.45, 7) is 20.0. The van der Waals surface area contributed by atoms with Crippen molar-refractivity contribution in [3.63, 3.8) is 0 Å². The molecule has 24 heavy (non-hydrogen) atoms. The van der Waals surface area contributed by atoms with Gasteiger partial charge in [-0.05, 0) is 48.0 Å². The van der Waals surface area contributed by atoms with Crippen LogP contribution in [0.15, 0.2) is 12.7 Å². The first-order valence-electron chi connectivity index (χ1n) is 9.38. The molecule has 1 aliphatic rings. The molecule has 1 heterocycles. The number of carbonyl (C=O) groups excluding carboxylic acids is 1. The van der Waals surface area contributed by atoms with Gasteiger partial charge in [-0.2, -0.15) is 0 Å². The lowest BCUT2D eigenvalue weighted by molar-refractivity contribution is 0.0499. The van der Waals surface area contributed by atoms with Gasteiger partial charge in [0, 0.05) is 17.7 Å². The monoisotopic (exact) mass is 338 g/mol. The van der Waals surface area contributed by atoms with Crippen LogP contribution in [-0.2, 0) is 4.74 Å². The highest BCUT2D eigenvalue weighted by Gasteiger charge is 2.51. The predicted molar refractivity (Wildman–Crippen MR) is 101 cm³/mol. The SMILES string of the molecule is C=C[C@H]1[C@H](COCCCCCC)N(C(C)(C)C)C(=O)N1C(C)(C)C. The van der Waals surface area contributed by atoms with Crippen molar-refractivity contribution >= 4 is 6.03 Å². The fraction of sp³-hybridized carbons (Fsp3) is 0.850. The Morgan fingerprint density at radius 3 is 2.08 bits per heavy atom. The molecule has 1 aliphatic heterocycles. The van der Waals surface area contributed by atoms with Crippen molar-refractivity contribution in [2.45, 2.75) is 97.3 Å². The number of rotatable bonds is 8. The van der Waals surface area contributed by atoms with Crippen molar-refractivity contribution < 1.29 is 9.53 Å². The van der Waals surface area contributed by atoms with Gasteiger partial charge in [-0.3, -0.25) is 0 Å². The van der Waals surface area contributed by atoms with Crippen LogP contribution >= 0.6 is 0 Å². The molecule has 4 heteroatoms. The van der Waals surface area contributed by atoms with Gasteiger partial charge in [0.05, 0.1) is 18.7 Å². The zero-order valence-electron chi connectivity index (χ0n) is 16.9. The van der Waals surface area contributed by atoms with Crippen molar-refractivity contribution in [3.8, 4) is 0 Å². The van der Waals surface area contributed by atoms with E-state index in [1.54, 1.807) is 0 Å². The van der Waals surface area contributed by atoms with Gasteiger partial charge in [0.2, 0.25) is 0 Å². The summed E-state index contributed by atoms with van der Waals surface area (Å²) in [7, 11) is 0. The maximum absolute atomic E-state index is 13.1. The molecule has 1 fully saturated rings. The Morgan fingerprint density at radius 1 is 1.04 bits per heavy atom. The summed E-state index contributed by atoms with van der Waals surface area (Å²) < 4.78 is 5.96. The van der Waals surface area contributed by atoms with E-state index < -0.39 is 0 Å². The van der Waals surface area contributed by atoms with Crippen LogP contribution in [0.25, 0.3) is 0 Å². The summed E-state index contributed by atoms with van der Waals surface area (Å²) in [5, 5.41) is 0. The molecule has 1 saturated heterocycles. The smallest absolute Gasteiger partial charge is 0.321 e. The van der Waals surface area contributed by atoms with Gasteiger partial charge < -0.3 is 14.5 Å². The molecule has 140 valence electrons. The van der Waals surface area contributed by atoms with Crippen LogP contribution in [0.2, 0.25) is 0 Å². The Balaban J connectivity index is 2.87. The van der Waals surface area contributed by atoms with Gasteiger partial charge in [-0.15, -0.1) is 6.58 Å². The maximum atomic E-state index is 13.1. The van der Waals surface area contributed by atoms with E-state index in [0.29, 0.717) is 6.61 Å². The quantitative estimate of drug-likeness (QED) is 0.468. The Labute approximate surface area is 149 Å². The second-order valence-corrected chi connectivity index (χ2v) is 8.79. The normalized spacial score (nSPS) is 22.4. The van der Waals surface area contributed by atoms with E-state index in [9.17, 15) is 4.79 Å². The highest BCUT2D eigenvalue weighted by Crippen LogP contribution is 2.35. The lowest BCUT2D eigenvalue weighted by atomic mass is 9.99. The second kappa shape index (κ2) is 8.37. The number of carbonyl (C=O) groups is 1. The largest absolute Gasteiger partial charge is 0.379 e. The molecule has 0 aromatic heterocycles. The number of hydrogen-bond acceptors (Lipinski definition) is 2. The molecule has 0 spiro atoms. The average Bonchev–Trinajstić information content (AvgIpc) is 2.74. The average molecular weight is 339 g/mol. The number of unbranched alkanes of at least 4 members (excludes halogenated alkanes) is 3. The Hall–Kier alpha value is -1.03. The fourth-order valence-electron chi connectivity index (χ4n) is 3.50. The summed E-state index contributed by atoms with van der Waals surface area (Å²) in [6.07, 6.45) is 6.69. The standard InChI is InChI=1S/C20H38N2O2/c1-9-11-12-13-14-24-15-17-16(10-2)21(19(3,4)5)18(23)22(17)20(6,7)8/h10,16-17H,2,9,11-15H2,1,3-8H3/t16-,17-/m0/s1. The fourth-order valence-corrected chi connectivity index (χ4v) is 3.50. The molecule has 1 rings (SSSR count). The van der Waals surface area contributed by atoms with Crippen LogP contribution in [0.1, 0.15) is 74.1 Å². The topological polar surface area (TPSA) is 32.8 Å². The summed E-state index contributed by atoms with van der Waals surface area (Å²) in [6, 6.07) is 0.0762. The summed E-state index contributed by atoms with van der Waals surface area (Å²) in [5.41, 5.74) is -0.482. The highest BCUT2D eigenvalue weighted by molar-refractivity contribution is 5.80. The van der Waals surface area contributed by atoms with E-state index in [-0.39, 0.29) is 29.2 Å². The minimum Gasteiger partial charge on any atom is -0.379 e. The molecule has 0 aromatic carbocycles. The number of nitrogens with zero attached hydrogens (tertiary/aromatic N) is 2. The van der Waals surface area contributed by atoms with Crippen molar-refractivity contribution in [3.05, 3.63) is 12.7 Å². The van der Waals surface area contributed by atoms with Gasteiger partial charge in [0.25, 0.3) is 0 Å². The van der Waals surface area contributed by atoms with Crippen molar-refractivity contribution in [2.24, 2.45) is 0 Å². The first-order valence-corrected chi connectivity index (χ1v) is 9.38. The van der Waals surface area contributed by atoms with Crippen LogP contribution in [0.4, 0.5) is 4.79 Å². The maximum Gasteiger partial charge on any atom is 0.321 e. The van der Waals surface area contributed by atoms with Crippen LogP contribution in [0.3, 0.4) is 0 Å². The first kappa shape index (κ1) is 21.0. The van der Waals surface area contributed by atoms with Gasteiger partial charge in [0.1, 0.15) is 0 Å². The van der Waals surface area contributed by atoms with E-state index in [4.69, 9.17) is 4.74 Å². The van der Waals surface area contributed by atoms with E-state index in [1.807, 2.05) is 15.9 Å². The van der Waals surface area contributed by atoms with Gasteiger partial charge >= 0.3 is 6.03 Å². The van der Waals surface area contributed by atoms with Crippen molar-refractivity contribution in [1.82, 2.24) is 9.80 Å².